The zero-order valence-corrected chi connectivity index (χ0v) is 18.6. The lowest BCUT2D eigenvalue weighted by Gasteiger charge is -2.11. The van der Waals surface area contributed by atoms with Gasteiger partial charge in [0, 0.05) is 10.7 Å². The van der Waals surface area contributed by atoms with E-state index >= 15 is 0 Å². The van der Waals surface area contributed by atoms with Crippen molar-refractivity contribution in [1.82, 2.24) is 9.55 Å². The first-order valence-electron chi connectivity index (χ1n) is 9.92. The summed E-state index contributed by atoms with van der Waals surface area (Å²) >= 11 is 1.59. The summed E-state index contributed by atoms with van der Waals surface area (Å²) in [5.74, 6) is -0.189. The van der Waals surface area contributed by atoms with Gasteiger partial charge in [0.15, 0.2) is 5.16 Å². The number of nitrogens with zero attached hydrogens (tertiary/aromatic N) is 5. The summed E-state index contributed by atoms with van der Waals surface area (Å²) in [6, 6.07) is 7.10. The molecular formula is C21H25N5O4S. The summed E-state index contributed by atoms with van der Waals surface area (Å²) in [4.78, 5) is 31.2. The van der Waals surface area contributed by atoms with Crippen LogP contribution in [0.25, 0.3) is 16.5 Å². The number of hydrogen-bond acceptors (Lipinski definition) is 7. The molecule has 2 aromatic rings. The Kier molecular flexibility index (Phi) is 9.67. The molecule has 1 aromatic heterocycles. The standard InChI is InChI=1S/C21H25N5O4S/c1-4-11-31-21-23-13-17(12-18(24-25-22)20(28)30-6-3)26(21)14-15-7-9-16(10-8-15)19(27)29-5-2/h7-10,12-13H,4-6,11,14H2,1-3H3/b18-12+. The Morgan fingerprint density at radius 2 is 1.90 bits per heavy atom. The van der Waals surface area contributed by atoms with Crippen LogP contribution in [0.15, 0.2) is 46.4 Å². The van der Waals surface area contributed by atoms with Crippen molar-refractivity contribution >= 4 is 29.8 Å². The fraction of sp³-hybridized carbons (Fsp3) is 0.381. The van der Waals surface area contributed by atoms with Gasteiger partial charge in [-0.25, -0.2) is 14.6 Å². The molecule has 0 amide bonds. The van der Waals surface area contributed by atoms with Gasteiger partial charge in [-0.1, -0.05) is 35.9 Å². The monoisotopic (exact) mass is 443 g/mol. The smallest absolute Gasteiger partial charge is 0.340 e. The summed E-state index contributed by atoms with van der Waals surface area (Å²) in [6.07, 6.45) is 4.06. The lowest BCUT2D eigenvalue weighted by molar-refractivity contribution is -0.138. The molecule has 0 fully saturated rings. The molecule has 164 valence electrons. The van der Waals surface area contributed by atoms with Gasteiger partial charge in [-0.15, -0.1) is 0 Å². The van der Waals surface area contributed by atoms with Crippen LogP contribution in [0.3, 0.4) is 0 Å². The molecule has 31 heavy (non-hydrogen) atoms. The maximum atomic E-state index is 12.1. The normalized spacial score (nSPS) is 11.0. The molecule has 0 aliphatic carbocycles. The number of ether oxygens (including phenoxy) is 2. The van der Waals surface area contributed by atoms with Crippen LogP contribution < -0.4 is 0 Å². The molecule has 0 unspecified atom stereocenters. The molecule has 2 rings (SSSR count). The van der Waals surface area contributed by atoms with Crippen molar-refractivity contribution in [2.75, 3.05) is 19.0 Å². The minimum Gasteiger partial charge on any atom is -0.462 e. The number of thioether (sulfide) groups is 1. The van der Waals surface area contributed by atoms with Gasteiger partial charge in [-0.05, 0) is 49.6 Å². The van der Waals surface area contributed by atoms with Gasteiger partial charge >= 0.3 is 11.9 Å². The Hall–Kier alpha value is -3.23. The van der Waals surface area contributed by atoms with E-state index in [4.69, 9.17) is 15.0 Å². The number of aromatic nitrogens is 2. The van der Waals surface area contributed by atoms with Crippen LogP contribution in [-0.4, -0.2) is 40.5 Å². The first-order chi connectivity index (χ1) is 15.0. The number of benzene rings is 1. The molecule has 0 aliphatic rings. The van der Waals surface area contributed by atoms with E-state index in [1.807, 2.05) is 16.7 Å². The van der Waals surface area contributed by atoms with Crippen LogP contribution in [-0.2, 0) is 20.8 Å². The molecule has 9 nitrogen and oxygen atoms in total. The summed E-state index contributed by atoms with van der Waals surface area (Å²) in [5.41, 5.74) is 10.7. The van der Waals surface area contributed by atoms with Crippen molar-refractivity contribution in [2.24, 2.45) is 5.11 Å². The highest BCUT2D eigenvalue weighted by molar-refractivity contribution is 7.99. The third-order valence-corrected chi connectivity index (χ3v) is 5.21. The van der Waals surface area contributed by atoms with E-state index in [9.17, 15) is 9.59 Å². The van der Waals surface area contributed by atoms with Gasteiger partial charge in [-0.2, -0.15) is 0 Å². The fourth-order valence-corrected chi connectivity index (χ4v) is 3.46. The number of carbonyl (C=O) groups is 2. The highest BCUT2D eigenvalue weighted by Crippen LogP contribution is 2.23. The average Bonchev–Trinajstić information content (AvgIpc) is 3.13. The van der Waals surface area contributed by atoms with Crippen molar-refractivity contribution in [2.45, 2.75) is 38.9 Å². The Bertz CT molecular complexity index is 978. The number of carbonyl (C=O) groups excluding carboxylic acids is 2. The summed E-state index contributed by atoms with van der Waals surface area (Å²) in [6.45, 7) is 6.45. The Morgan fingerprint density at radius 3 is 2.52 bits per heavy atom. The van der Waals surface area contributed by atoms with Crippen LogP contribution in [0.4, 0.5) is 0 Å². The molecule has 1 heterocycles. The number of azide groups is 1. The molecule has 0 saturated heterocycles. The molecule has 0 radical (unpaired) electrons. The van der Waals surface area contributed by atoms with Crippen LogP contribution in [0.2, 0.25) is 0 Å². The predicted molar refractivity (Wildman–Crippen MR) is 118 cm³/mol. The molecule has 0 N–H and O–H groups in total. The number of esters is 2. The molecule has 0 bridgehead atoms. The SMILES string of the molecule is CCCSc1ncc(/C=C(/N=[N+]=[N-])C(=O)OCC)n1Cc1ccc(C(=O)OCC)cc1. The fourth-order valence-electron chi connectivity index (χ4n) is 2.62. The predicted octanol–water partition coefficient (Wildman–Crippen LogP) is 4.82. The molecule has 0 saturated carbocycles. The van der Waals surface area contributed by atoms with Gasteiger partial charge in [0.1, 0.15) is 5.70 Å². The second-order valence-corrected chi connectivity index (χ2v) is 7.32. The van der Waals surface area contributed by atoms with Gasteiger partial charge in [0.05, 0.1) is 37.2 Å². The summed E-state index contributed by atoms with van der Waals surface area (Å²) in [5, 5.41) is 4.24. The van der Waals surface area contributed by atoms with E-state index in [1.54, 1.807) is 43.9 Å². The van der Waals surface area contributed by atoms with E-state index in [0.29, 0.717) is 24.4 Å². The Morgan fingerprint density at radius 1 is 1.19 bits per heavy atom. The minimum atomic E-state index is -0.699. The number of rotatable bonds is 11. The first kappa shape index (κ1) is 24.0. The molecule has 0 atom stereocenters. The first-order valence-corrected chi connectivity index (χ1v) is 10.9. The van der Waals surface area contributed by atoms with Gasteiger partial charge in [0.25, 0.3) is 0 Å². The summed E-state index contributed by atoms with van der Waals surface area (Å²) < 4.78 is 11.9. The van der Waals surface area contributed by atoms with E-state index < -0.39 is 5.97 Å². The van der Waals surface area contributed by atoms with Crippen molar-refractivity contribution in [3.8, 4) is 0 Å². The van der Waals surface area contributed by atoms with E-state index in [2.05, 4.69) is 21.9 Å². The highest BCUT2D eigenvalue weighted by atomic mass is 32.2. The van der Waals surface area contributed by atoms with Crippen molar-refractivity contribution in [3.63, 3.8) is 0 Å². The largest absolute Gasteiger partial charge is 0.462 e. The van der Waals surface area contributed by atoms with E-state index in [-0.39, 0.29) is 18.3 Å². The lowest BCUT2D eigenvalue weighted by atomic mass is 10.1. The quantitative estimate of drug-likeness (QED) is 0.123. The van der Waals surface area contributed by atoms with E-state index in [0.717, 1.165) is 22.9 Å². The van der Waals surface area contributed by atoms with E-state index in [1.165, 1.54) is 6.08 Å². The Balaban J connectivity index is 2.39. The van der Waals surface area contributed by atoms with Crippen LogP contribution in [0.1, 0.15) is 48.8 Å². The maximum Gasteiger partial charge on any atom is 0.340 e. The lowest BCUT2D eigenvalue weighted by Crippen LogP contribution is -2.08. The molecule has 0 spiro atoms. The maximum absolute atomic E-state index is 12.1. The van der Waals surface area contributed by atoms with Gasteiger partial charge in [0.2, 0.25) is 0 Å². The zero-order valence-electron chi connectivity index (χ0n) is 17.8. The third-order valence-electron chi connectivity index (χ3n) is 4.01. The molecule has 1 aromatic carbocycles. The number of hydrogen-bond donors (Lipinski definition) is 0. The topological polar surface area (TPSA) is 119 Å². The van der Waals surface area contributed by atoms with Gasteiger partial charge < -0.3 is 14.0 Å². The minimum absolute atomic E-state index is 0.143. The average molecular weight is 444 g/mol. The van der Waals surface area contributed by atoms with Crippen LogP contribution >= 0.6 is 11.8 Å². The molecule has 0 aliphatic heterocycles. The molecular weight excluding hydrogens is 418 g/mol. The molecule has 10 heteroatoms. The van der Waals surface area contributed by atoms with Crippen molar-refractivity contribution < 1.29 is 19.1 Å². The number of imidazole rings is 1. The van der Waals surface area contributed by atoms with Gasteiger partial charge in [-0.3, -0.25) is 0 Å². The van der Waals surface area contributed by atoms with Crippen LogP contribution in [0.5, 0.6) is 0 Å². The summed E-state index contributed by atoms with van der Waals surface area (Å²) in [7, 11) is 0. The van der Waals surface area contributed by atoms with Crippen molar-refractivity contribution in [1.29, 1.82) is 0 Å². The third kappa shape index (κ3) is 6.91. The second-order valence-electron chi connectivity index (χ2n) is 6.26. The zero-order chi connectivity index (χ0) is 22.6. The highest BCUT2D eigenvalue weighted by Gasteiger charge is 2.15. The second kappa shape index (κ2) is 12.5. The van der Waals surface area contributed by atoms with Crippen LogP contribution in [0, 0.1) is 0 Å². The Labute approximate surface area is 185 Å². The van der Waals surface area contributed by atoms with Crippen molar-refractivity contribution in [3.05, 3.63) is 63.4 Å².